The van der Waals surface area contributed by atoms with Crippen molar-refractivity contribution in [2.24, 2.45) is 5.92 Å². The fourth-order valence-electron chi connectivity index (χ4n) is 1.30. The van der Waals surface area contributed by atoms with Gasteiger partial charge in [-0.1, -0.05) is 19.9 Å². The molecule has 0 aliphatic rings. The van der Waals surface area contributed by atoms with Gasteiger partial charge in [-0.3, -0.25) is 4.79 Å². The molecule has 1 aromatic carbocycles. The molecule has 0 heterocycles. The van der Waals surface area contributed by atoms with Gasteiger partial charge in [-0.15, -0.1) is 0 Å². The van der Waals surface area contributed by atoms with Gasteiger partial charge in [0.05, 0.1) is 6.61 Å². The Balaban J connectivity index is 2.19. The number of benzene rings is 1. The van der Waals surface area contributed by atoms with E-state index >= 15 is 0 Å². The first kappa shape index (κ1) is 14.5. The Kier molecular flexibility index (Phi) is 6.22. The number of Topliss-reactive ketones (excluding diaryl/α,β-unsaturated/α-hetero) is 1. The molecule has 0 aromatic heterocycles. The Bertz CT molecular complexity index is 377. The minimum absolute atomic E-state index is 0.0261. The van der Waals surface area contributed by atoms with E-state index < -0.39 is 0 Å². The van der Waals surface area contributed by atoms with Crippen molar-refractivity contribution in [1.29, 1.82) is 0 Å². The number of carbonyl (C=O) groups excluding carboxylic acids is 1. The van der Waals surface area contributed by atoms with Crippen LogP contribution in [0.4, 0.5) is 5.69 Å². The SMILES string of the molecule is CNc1cccc(OCCOCC(=O)C(C)C)c1. The molecule has 100 valence electrons. The van der Waals surface area contributed by atoms with Crippen LogP contribution in [0.25, 0.3) is 0 Å². The van der Waals surface area contributed by atoms with E-state index in [1.54, 1.807) is 0 Å². The minimum Gasteiger partial charge on any atom is -0.491 e. The second kappa shape index (κ2) is 7.71. The van der Waals surface area contributed by atoms with E-state index in [9.17, 15) is 4.79 Å². The van der Waals surface area contributed by atoms with Crippen LogP contribution in [0.1, 0.15) is 13.8 Å². The summed E-state index contributed by atoms with van der Waals surface area (Å²) < 4.78 is 10.8. The monoisotopic (exact) mass is 251 g/mol. The molecule has 0 radical (unpaired) electrons. The summed E-state index contributed by atoms with van der Waals surface area (Å²) in [6.07, 6.45) is 0. The van der Waals surface area contributed by atoms with Crippen LogP contribution in [0.3, 0.4) is 0 Å². The molecule has 0 atom stereocenters. The molecule has 1 N–H and O–H groups in total. The average molecular weight is 251 g/mol. The van der Waals surface area contributed by atoms with Gasteiger partial charge in [0.1, 0.15) is 19.0 Å². The fraction of sp³-hybridized carbons (Fsp3) is 0.500. The summed E-state index contributed by atoms with van der Waals surface area (Å²) in [7, 11) is 1.86. The Morgan fingerprint density at radius 3 is 2.78 bits per heavy atom. The van der Waals surface area contributed by atoms with Crippen molar-refractivity contribution in [3.05, 3.63) is 24.3 Å². The van der Waals surface area contributed by atoms with Crippen molar-refractivity contribution in [1.82, 2.24) is 0 Å². The third-order valence-corrected chi connectivity index (χ3v) is 2.51. The zero-order valence-corrected chi connectivity index (χ0v) is 11.2. The number of ketones is 1. The average Bonchev–Trinajstić information content (AvgIpc) is 2.38. The van der Waals surface area contributed by atoms with Crippen LogP contribution < -0.4 is 10.1 Å². The van der Waals surface area contributed by atoms with E-state index in [0.717, 1.165) is 11.4 Å². The predicted octanol–water partition coefficient (Wildman–Crippen LogP) is 2.35. The number of hydrogen-bond donors (Lipinski definition) is 1. The van der Waals surface area contributed by atoms with Gasteiger partial charge in [0.15, 0.2) is 5.78 Å². The van der Waals surface area contributed by atoms with Gasteiger partial charge >= 0.3 is 0 Å². The number of ether oxygens (including phenoxy) is 2. The molecule has 4 nitrogen and oxygen atoms in total. The van der Waals surface area contributed by atoms with Gasteiger partial charge in [0.25, 0.3) is 0 Å². The van der Waals surface area contributed by atoms with E-state index in [-0.39, 0.29) is 18.3 Å². The molecule has 0 amide bonds. The third kappa shape index (κ3) is 5.19. The summed E-state index contributed by atoms with van der Waals surface area (Å²) in [6.45, 7) is 4.76. The van der Waals surface area contributed by atoms with E-state index in [1.807, 2.05) is 45.2 Å². The first-order valence-electron chi connectivity index (χ1n) is 6.14. The highest BCUT2D eigenvalue weighted by molar-refractivity contribution is 5.81. The Hall–Kier alpha value is -1.55. The Labute approximate surface area is 108 Å². The zero-order valence-electron chi connectivity index (χ0n) is 11.2. The fourth-order valence-corrected chi connectivity index (χ4v) is 1.30. The summed E-state index contributed by atoms with van der Waals surface area (Å²) in [5.41, 5.74) is 1.00. The van der Waals surface area contributed by atoms with Gasteiger partial charge in [0.2, 0.25) is 0 Å². The molecule has 0 spiro atoms. The maximum absolute atomic E-state index is 11.3. The van der Waals surface area contributed by atoms with Crippen molar-refractivity contribution in [2.45, 2.75) is 13.8 Å². The van der Waals surface area contributed by atoms with Crippen LogP contribution in [-0.4, -0.2) is 32.7 Å². The number of carbonyl (C=O) groups is 1. The van der Waals surface area contributed by atoms with Crippen LogP contribution in [0.2, 0.25) is 0 Å². The molecule has 0 bridgehead atoms. The van der Waals surface area contributed by atoms with Gasteiger partial charge < -0.3 is 14.8 Å². The lowest BCUT2D eigenvalue weighted by Gasteiger charge is -2.09. The van der Waals surface area contributed by atoms with Crippen LogP contribution >= 0.6 is 0 Å². The predicted molar refractivity (Wildman–Crippen MR) is 72.1 cm³/mol. The third-order valence-electron chi connectivity index (χ3n) is 2.51. The summed E-state index contributed by atoms with van der Waals surface area (Å²) in [4.78, 5) is 11.3. The molecule has 4 heteroatoms. The quantitative estimate of drug-likeness (QED) is 0.720. The summed E-state index contributed by atoms with van der Waals surface area (Å²) in [5, 5.41) is 3.04. The van der Waals surface area contributed by atoms with Crippen molar-refractivity contribution >= 4 is 11.5 Å². The van der Waals surface area contributed by atoms with Crippen LogP contribution in [0.5, 0.6) is 5.75 Å². The largest absolute Gasteiger partial charge is 0.491 e. The van der Waals surface area contributed by atoms with Gasteiger partial charge in [-0.25, -0.2) is 0 Å². The van der Waals surface area contributed by atoms with Crippen LogP contribution in [0.15, 0.2) is 24.3 Å². The van der Waals surface area contributed by atoms with Crippen molar-refractivity contribution in [2.75, 3.05) is 32.2 Å². The summed E-state index contributed by atoms with van der Waals surface area (Å²) >= 11 is 0. The number of rotatable bonds is 8. The molecule has 0 saturated heterocycles. The Morgan fingerprint density at radius 1 is 1.33 bits per heavy atom. The minimum atomic E-state index is 0.0261. The molecule has 18 heavy (non-hydrogen) atoms. The number of nitrogens with one attached hydrogen (secondary N) is 1. The molecule has 1 rings (SSSR count). The number of anilines is 1. The molecule has 0 saturated carbocycles. The van der Waals surface area contributed by atoms with Gasteiger partial charge in [-0.2, -0.15) is 0 Å². The highest BCUT2D eigenvalue weighted by Crippen LogP contribution is 2.16. The van der Waals surface area contributed by atoms with E-state index in [1.165, 1.54) is 0 Å². The van der Waals surface area contributed by atoms with Gasteiger partial charge in [0, 0.05) is 24.7 Å². The molecule has 0 unspecified atom stereocenters. The molecule has 1 aromatic rings. The van der Waals surface area contributed by atoms with E-state index in [4.69, 9.17) is 9.47 Å². The maximum Gasteiger partial charge on any atom is 0.160 e. The zero-order chi connectivity index (χ0) is 13.4. The highest BCUT2D eigenvalue weighted by Gasteiger charge is 2.06. The van der Waals surface area contributed by atoms with Crippen molar-refractivity contribution < 1.29 is 14.3 Å². The normalized spacial score (nSPS) is 10.4. The maximum atomic E-state index is 11.3. The molecule has 0 fully saturated rings. The highest BCUT2D eigenvalue weighted by atomic mass is 16.5. The van der Waals surface area contributed by atoms with Crippen LogP contribution in [0, 0.1) is 5.92 Å². The molecular weight excluding hydrogens is 230 g/mol. The first-order chi connectivity index (χ1) is 8.63. The number of hydrogen-bond acceptors (Lipinski definition) is 4. The van der Waals surface area contributed by atoms with Gasteiger partial charge in [-0.05, 0) is 12.1 Å². The van der Waals surface area contributed by atoms with E-state index in [2.05, 4.69) is 5.32 Å². The van der Waals surface area contributed by atoms with Crippen molar-refractivity contribution in [3.8, 4) is 5.75 Å². The molecular formula is C14H21NO3. The van der Waals surface area contributed by atoms with E-state index in [0.29, 0.717) is 13.2 Å². The standard InChI is InChI=1S/C14H21NO3/c1-11(2)14(16)10-17-7-8-18-13-6-4-5-12(9-13)15-3/h4-6,9,11,15H,7-8,10H2,1-3H3. The second-order valence-electron chi connectivity index (χ2n) is 4.30. The first-order valence-corrected chi connectivity index (χ1v) is 6.14. The van der Waals surface area contributed by atoms with Crippen LogP contribution in [-0.2, 0) is 9.53 Å². The smallest absolute Gasteiger partial charge is 0.160 e. The van der Waals surface area contributed by atoms with Crippen molar-refractivity contribution in [3.63, 3.8) is 0 Å². The lowest BCUT2D eigenvalue weighted by Crippen LogP contribution is -2.17. The summed E-state index contributed by atoms with van der Waals surface area (Å²) in [6, 6.07) is 7.69. The lowest BCUT2D eigenvalue weighted by atomic mass is 10.1. The topological polar surface area (TPSA) is 47.6 Å². The Morgan fingerprint density at radius 2 is 2.11 bits per heavy atom. The summed E-state index contributed by atoms with van der Waals surface area (Å²) in [5.74, 6) is 0.936. The molecule has 0 aliphatic heterocycles. The molecule has 0 aliphatic carbocycles. The lowest BCUT2D eigenvalue weighted by molar-refractivity contribution is -0.126. The second-order valence-corrected chi connectivity index (χ2v) is 4.30.